The molecule has 2 aromatic rings. The summed E-state index contributed by atoms with van der Waals surface area (Å²) in [5.41, 5.74) is 6.82. The maximum atomic E-state index is 6.26. The SMILES string of the molecule is COc1cc(-c2noc(CN)n2)c(OC)c(Cl)c1C. The molecular weight excluding hydrogens is 270 g/mol. The van der Waals surface area contributed by atoms with Crippen molar-refractivity contribution >= 4 is 11.6 Å². The van der Waals surface area contributed by atoms with Crippen molar-refractivity contribution in [3.63, 3.8) is 0 Å². The van der Waals surface area contributed by atoms with Crippen LogP contribution in [0.4, 0.5) is 0 Å². The summed E-state index contributed by atoms with van der Waals surface area (Å²) in [5, 5.41) is 4.31. The zero-order chi connectivity index (χ0) is 14.0. The van der Waals surface area contributed by atoms with E-state index in [1.165, 1.54) is 7.11 Å². The summed E-state index contributed by atoms with van der Waals surface area (Å²) in [7, 11) is 3.09. The number of nitrogens with two attached hydrogens (primary N) is 1. The van der Waals surface area contributed by atoms with Gasteiger partial charge in [-0.2, -0.15) is 4.98 Å². The molecule has 102 valence electrons. The van der Waals surface area contributed by atoms with Gasteiger partial charge in [0.2, 0.25) is 11.7 Å². The summed E-state index contributed by atoms with van der Waals surface area (Å²) in [6.07, 6.45) is 0. The Kier molecular flexibility index (Phi) is 3.92. The molecule has 2 N–H and O–H groups in total. The van der Waals surface area contributed by atoms with Crippen molar-refractivity contribution in [2.75, 3.05) is 14.2 Å². The van der Waals surface area contributed by atoms with Crippen molar-refractivity contribution in [3.8, 4) is 22.9 Å². The maximum Gasteiger partial charge on any atom is 0.240 e. The Balaban J connectivity index is 2.64. The normalized spacial score (nSPS) is 10.6. The summed E-state index contributed by atoms with van der Waals surface area (Å²) in [6.45, 7) is 2.01. The van der Waals surface area contributed by atoms with Crippen LogP contribution in [-0.4, -0.2) is 24.4 Å². The number of benzene rings is 1. The highest BCUT2D eigenvalue weighted by Crippen LogP contribution is 2.41. The third kappa shape index (κ3) is 2.36. The summed E-state index contributed by atoms with van der Waals surface area (Å²) < 4.78 is 15.6. The molecule has 0 aliphatic rings. The van der Waals surface area contributed by atoms with Gasteiger partial charge in [-0.15, -0.1) is 0 Å². The standard InChI is InChI=1S/C12H14ClN3O3/c1-6-8(17-2)4-7(11(18-3)10(6)13)12-15-9(5-14)19-16-12/h4H,5,14H2,1-3H3. The minimum atomic E-state index is 0.173. The van der Waals surface area contributed by atoms with Crippen LogP contribution in [0.2, 0.25) is 5.02 Å². The van der Waals surface area contributed by atoms with Gasteiger partial charge in [0.05, 0.1) is 31.4 Å². The van der Waals surface area contributed by atoms with Crippen LogP contribution < -0.4 is 15.2 Å². The van der Waals surface area contributed by atoms with Gasteiger partial charge in [0.15, 0.2) is 0 Å². The summed E-state index contributed by atoms with van der Waals surface area (Å²) >= 11 is 6.26. The Hall–Kier alpha value is -1.79. The first-order valence-electron chi connectivity index (χ1n) is 5.56. The van der Waals surface area contributed by atoms with E-state index in [0.717, 1.165) is 5.56 Å². The number of ether oxygens (including phenoxy) is 2. The predicted octanol–water partition coefficient (Wildman–Crippen LogP) is 2.17. The molecule has 0 radical (unpaired) electrons. The fourth-order valence-electron chi connectivity index (χ4n) is 1.73. The predicted molar refractivity (Wildman–Crippen MR) is 70.5 cm³/mol. The molecule has 1 aromatic carbocycles. The number of halogens is 1. The number of hydrogen-bond donors (Lipinski definition) is 1. The van der Waals surface area contributed by atoms with Crippen LogP contribution in [0, 0.1) is 6.92 Å². The van der Waals surface area contributed by atoms with Gasteiger partial charge in [-0.05, 0) is 13.0 Å². The van der Waals surface area contributed by atoms with Crippen LogP contribution in [-0.2, 0) is 6.54 Å². The molecule has 1 aromatic heterocycles. The molecule has 0 saturated carbocycles. The second-order valence-corrected chi connectivity index (χ2v) is 4.19. The van der Waals surface area contributed by atoms with Crippen molar-refractivity contribution in [2.24, 2.45) is 5.73 Å². The zero-order valence-corrected chi connectivity index (χ0v) is 11.6. The van der Waals surface area contributed by atoms with E-state index < -0.39 is 0 Å². The van der Waals surface area contributed by atoms with E-state index in [2.05, 4.69) is 10.1 Å². The molecule has 0 bridgehead atoms. The minimum absolute atomic E-state index is 0.173. The molecule has 0 fully saturated rings. The third-order valence-electron chi connectivity index (χ3n) is 2.73. The highest BCUT2D eigenvalue weighted by Gasteiger charge is 2.20. The Bertz CT molecular complexity index is 598. The Morgan fingerprint density at radius 1 is 1.37 bits per heavy atom. The number of nitrogens with zero attached hydrogens (tertiary/aromatic N) is 2. The topological polar surface area (TPSA) is 83.4 Å². The van der Waals surface area contributed by atoms with Crippen molar-refractivity contribution in [2.45, 2.75) is 13.5 Å². The van der Waals surface area contributed by atoms with Gasteiger partial charge in [-0.1, -0.05) is 16.8 Å². The van der Waals surface area contributed by atoms with Gasteiger partial charge in [0.1, 0.15) is 11.5 Å². The van der Waals surface area contributed by atoms with Crippen molar-refractivity contribution in [3.05, 3.63) is 22.5 Å². The Morgan fingerprint density at radius 2 is 2.11 bits per heavy atom. The van der Waals surface area contributed by atoms with Crippen molar-refractivity contribution < 1.29 is 14.0 Å². The average molecular weight is 284 g/mol. The first-order valence-corrected chi connectivity index (χ1v) is 5.94. The summed E-state index contributed by atoms with van der Waals surface area (Å²) in [5.74, 6) is 1.80. The second kappa shape index (κ2) is 5.46. The number of aromatic nitrogens is 2. The third-order valence-corrected chi connectivity index (χ3v) is 3.18. The van der Waals surface area contributed by atoms with Gasteiger partial charge in [0.25, 0.3) is 0 Å². The molecule has 0 aliphatic carbocycles. The summed E-state index contributed by atoms with van der Waals surface area (Å²) in [6, 6.07) is 1.76. The molecule has 19 heavy (non-hydrogen) atoms. The molecule has 0 aliphatic heterocycles. The molecular formula is C12H14ClN3O3. The highest BCUT2D eigenvalue weighted by molar-refractivity contribution is 6.33. The van der Waals surface area contributed by atoms with Crippen LogP contribution in [0.1, 0.15) is 11.5 Å². The van der Waals surface area contributed by atoms with Crippen molar-refractivity contribution in [1.82, 2.24) is 10.1 Å². The van der Waals surface area contributed by atoms with E-state index in [-0.39, 0.29) is 6.54 Å². The first-order chi connectivity index (χ1) is 9.12. The minimum Gasteiger partial charge on any atom is -0.496 e. The molecule has 0 amide bonds. The van der Waals surface area contributed by atoms with E-state index >= 15 is 0 Å². The van der Waals surface area contributed by atoms with Crippen LogP contribution in [0.25, 0.3) is 11.4 Å². The number of methoxy groups -OCH3 is 2. The molecule has 0 unspecified atom stereocenters. The number of rotatable bonds is 4. The lowest BCUT2D eigenvalue weighted by molar-refractivity contribution is 0.379. The zero-order valence-electron chi connectivity index (χ0n) is 10.9. The Labute approximate surface area is 115 Å². The van der Waals surface area contributed by atoms with Gasteiger partial charge in [0, 0.05) is 5.56 Å². The molecule has 6 nitrogen and oxygen atoms in total. The van der Waals surface area contributed by atoms with Crippen LogP contribution in [0.3, 0.4) is 0 Å². The molecule has 0 atom stereocenters. The maximum absolute atomic E-state index is 6.26. The smallest absolute Gasteiger partial charge is 0.240 e. The molecule has 2 rings (SSSR count). The van der Waals surface area contributed by atoms with Crippen LogP contribution >= 0.6 is 11.6 Å². The lowest BCUT2D eigenvalue weighted by atomic mass is 10.1. The quantitative estimate of drug-likeness (QED) is 0.926. The lowest BCUT2D eigenvalue weighted by Crippen LogP contribution is -1.98. The largest absolute Gasteiger partial charge is 0.496 e. The van der Waals surface area contributed by atoms with Crippen molar-refractivity contribution in [1.29, 1.82) is 0 Å². The monoisotopic (exact) mass is 283 g/mol. The molecule has 1 heterocycles. The van der Waals surface area contributed by atoms with Crippen LogP contribution in [0.15, 0.2) is 10.6 Å². The van der Waals surface area contributed by atoms with Gasteiger partial charge in [-0.25, -0.2) is 0 Å². The molecule has 0 saturated heterocycles. The number of hydrogen-bond acceptors (Lipinski definition) is 6. The molecule has 0 spiro atoms. The average Bonchev–Trinajstić information content (AvgIpc) is 2.90. The lowest BCUT2D eigenvalue weighted by Gasteiger charge is -2.13. The Morgan fingerprint density at radius 3 is 2.63 bits per heavy atom. The van der Waals surface area contributed by atoms with E-state index in [1.54, 1.807) is 13.2 Å². The summed E-state index contributed by atoms with van der Waals surface area (Å²) in [4.78, 5) is 4.16. The van der Waals surface area contributed by atoms with Gasteiger partial charge < -0.3 is 19.7 Å². The van der Waals surface area contributed by atoms with E-state index in [9.17, 15) is 0 Å². The van der Waals surface area contributed by atoms with Gasteiger partial charge >= 0.3 is 0 Å². The van der Waals surface area contributed by atoms with E-state index in [4.69, 9.17) is 31.3 Å². The fraction of sp³-hybridized carbons (Fsp3) is 0.333. The van der Waals surface area contributed by atoms with E-state index in [1.807, 2.05) is 6.92 Å². The van der Waals surface area contributed by atoms with Crippen LogP contribution in [0.5, 0.6) is 11.5 Å². The first kappa shape index (κ1) is 13.6. The molecule has 7 heteroatoms. The highest BCUT2D eigenvalue weighted by atomic mass is 35.5. The van der Waals surface area contributed by atoms with E-state index in [0.29, 0.717) is 33.8 Å². The second-order valence-electron chi connectivity index (χ2n) is 3.81. The van der Waals surface area contributed by atoms with Gasteiger partial charge in [-0.3, -0.25) is 0 Å². The fourth-order valence-corrected chi connectivity index (χ4v) is 2.00.